The van der Waals surface area contributed by atoms with Crippen molar-refractivity contribution in [2.75, 3.05) is 24.5 Å². The first-order valence-electron chi connectivity index (χ1n) is 5.68. The average Bonchev–Trinajstić information content (AvgIpc) is 2.28. The molecule has 1 aliphatic heterocycles. The van der Waals surface area contributed by atoms with Gasteiger partial charge in [-0.05, 0) is 19.9 Å². The largest absolute Gasteiger partial charge is 0.354 e. The summed E-state index contributed by atoms with van der Waals surface area (Å²) in [5, 5.41) is 14.1. The van der Waals surface area contributed by atoms with Gasteiger partial charge in [-0.25, -0.2) is 4.98 Å². The Labute approximate surface area is 99.8 Å². The topological polar surface area (TPSA) is 71.3 Å². The lowest BCUT2D eigenvalue weighted by atomic mass is 10.2. The molecule has 2 rings (SSSR count). The summed E-state index contributed by atoms with van der Waals surface area (Å²) < 4.78 is 0. The molecule has 0 saturated carbocycles. The van der Waals surface area contributed by atoms with Gasteiger partial charge in [0.1, 0.15) is 11.5 Å². The van der Waals surface area contributed by atoms with E-state index in [1.807, 2.05) is 0 Å². The third kappa shape index (κ3) is 2.52. The van der Waals surface area contributed by atoms with Gasteiger partial charge in [-0.2, -0.15) is 0 Å². The van der Waals surface area contributed by atoms with Crippen molar-refractivity contribution in [1.82, 2.24) is 10.3 Å². The molecule has 92 valence electrons. The summed E-state index contributed by atoms with van der Waals surface area (Å²) in [6.07, 6.45) is 0. The lowest BCUT2D eigenvalue weighted by molar-refractivity contribution is -0.385. The molecule has 1 aliphatic rings. The highest BCUT2D eigenvalue weighted by molar-refractivity contribution is 5.47. The van der Waals surface area contributed by atoms with Crippen LogP contribution >= 0.6 is 0 Å². The van der Waals surface area contributed by atoms with Crippen molar-refractivity contribution in [2.45, 2.75) is 19.9 Å². The minimum atomic E-state index is -0.396. The van der Waals surface area contributed by atoms with Crippen molar-refractivity contribution in [3.05, 3.63) is 27.9 Å². The first kappa shape index (κ1) is 11.8. The maximum Gasteiger partial charge on any atom is 0.290 e. The highest BCUT2D eigenvalue weighted by Gasteiger charge is 2.19. The molecule has 1 N–H and O–H groups in total. The van der Waals surface area contributed by atoms with Gasteiger partial charge in [0.25, 0.3) is 5.69 Å². The second-order valence-electron chi connectivity index (χ2n) is 4.33. The smallest absolute Gasteiger partial charge is 0.290 e. The number of nitrogens with one attached hydrogen (secondary N) is 1. The first-order chi connectivity index (χ1) is 8.08. The Morgan fingerprint density at radius 2 is 2.35 bits per heavy atom. The summed E-state index contributed by atoms with van der Waals surface area (Å²) in [5.74, 6) is 0.821. The van der Waals surface area contributed by atoms with Crippen molar-refractivity contribution in [3.8, 4) is 0 Å². The van der Waals surface area contributed by atoms with E-state index < -0.39 is 4.92 Å². The van der Waals surface area contributed by atoms with Crippen LogP contribution in [0.2, 0.25) is 0 Å². The number of piperazine rings is 1. The summed E-state index contributed by atoms with van der Waals surface area (Å²) in [5.41, 5.74) is 0.551. The number of hydrogen-bond donors (Lipinski definition) is 1. The zero-order valence-corrected chi connectivity index (χ0v) is 10.0. The van der Waals surface area contributed by atoms with Gasteiger partial charge in [0, 0.05) is 31.7 Å². The number of nitrogens with zero attached hydrogens (tertiary/aromatic N) is 3. The lowest BCUT2D eigenvalue weighted by Gasteiger charge is -2.32. The van der Waals surface area contributed by atoms with Gasteiger partial charge >= 0.3 is 0 Å². The molecule has 6 heteroatoms. The molecule has 0 aromatic carbocycles. The van der Waals surface area contributed by atoms with E-state index in [-0.39, 0.29) is 5.69 Å². The van der Waals surface area contributed by atoms with Crippen LogP contribution in [0.4, 0.5) is 11.5 Å². The van der Waals surface area contributed by atoms with Crippen LogP contribution in [0.15, 0.2) is 12.1 Å². The standard InChI is InChI=1S/C11H16N4O2/c1-8-7-14(6-5-12-8)11-4-3-10(15(16)17)9(2)13-11/h3-4,8,12H,5-7H2,1-2H3/t8-/m0/s1. The van der Waals surface area contributed by atoms with E-state index in [1.54, 1.807) is 13.0 Å². The minimum absolute atomic E-state index is 0.0805. The number of nitro groups is 1. The van der Waals surface area contributed by atoms with E-state index in [0.717, 1.165) is 25.5 Å². The van der Waals surface area contributed by atoms with E-state index in [4.69, 9.17) is 0 Å². The van der Waals surface area contributed by atoms with E-state index in [2.05, 4.69) is 22.1 Å². The molecule has 1 aromatic heterocycles. The second kappa shape index (κ2) is 4.67. The third-order valence-corrected chi connectivity index (χ3v) is 2.93. The van der Waals surface area contributed by atoms with Crippen LogP contribution in [0.25, 0.3) is 0 Å². The SMILES string of the molecule is Cc1nc(N2CCN[C@@H](C)C2)ccc1[N+](=O)[O-]. The summed E-state index contributed by atoms with van der Waals surface area (Å²) >= 11 is 0. The molecule has 0 amide bonds. The number of aryl methyl sites for hydroxylation is 1. The maximum absolute atomic E-state index is 10.7. The minimum Gasteiger partial charge on any atom is -0.354 e. The van der Waals surface area contributed by atoms with Crippen molar-refractivity contribution >= 4 is 11.5 Å². The Hall–Kier alpha value is -1.69. The summed E-state index contributed by atoms with van der Waals surface area (Å²) in [6.45, 7) is 6.47. The zero-order chi connectivity index (χ0) is 12.4. The van der Waals surface area contributed by atoms with Gasteiger partial charge in [-0.15, -0.1) is 0 Å². The third-order valence-electron chi connectivity index (χ3n) is 2.93. The lowest BCUT2D eigenvalue weighted by Crippen LogP contribution is -2.49. The van der Waals surface area contributed by atoms with Crippen LogP contribution < -0.4 is 10.2 Å². The normalized spacial score (nSPS) is 20.4. The molecule has 2 heterocycles. The molecule has 0 unspecified atom stereocenters. The van der Waals surface area contributed by atoms with E-state index >= 15 is 0 Å². The van der Waals surface area contributed by atoms with Gasteiger partial charge in [-0.1, -0.05) is 0 Å². The number of aromatic nitrogens is 1. The van der Waals surface area contributed by atoms with E-state index in [1.165, 1.54) is 6.07 Å². The van der Waals surface area contributed by atoms with E-state index in [9.17, 15) is 10.1 Å². The van der Waals surface area contributed by atoms with Gasteiger partial charge < -0.3 is 10.2 Å². The Morgan fingerprint density at radius 1 is 1.59 bits per heavy atom. The Bertz CT molecular complexity index is 435. The number of rotatable bonds is 2. The molecular formula is C11H16N4O2. The molecule has 17 heavy (non-hydrogen) atoms. The summed E-state index contributed by atoms with van der Waals surface area (Å²) in [6, 6.07) is 3.68. The molecule has 1 aromatic rings. The van der Waals surface area contributed by atoms with Crippen LogP contribution in [-0.2, 0) is 0 Å². The molecule has 0 spiro atoms. The molecule has 1 atom stereocenters. The predicted molar refractivity (Wildman–Crippen MR) is 65.3 cm³/mol. The second-order valence-corrected chi connectivity index (χ2v) is 4.33. The zero-order valence-electron chi connectivity index (χ0n) is 10.0. The Balaban J connectivity index is 2.22. The van der Waals surface area contributed by atoms with Crippen LogP contribution in [-0.4, -0.2) is 35.6 Å². The van der Waals surface area contributed by atoms with Crippen LogP contribution in [0, 0.1) is 17.0 Å². The van der Waals surface area contributed by atoms with Crippen LogP contribution in [0.5, 0.6) is 0 Å². The Kier molecular flexibility index (Phi) is 3.23. The first-order valence-corrected chi connectivity index (χ1v) is 5.68. The van der Waals surface area contributed by atoms with E-state index in [0.29, 0.717) is 11.7 Å². The molecular weight excluding hydrogens is 220 g/mol. The van der Waals surface area contributed by atoms with Crippen molar-refractivity contribution in [2.24, 2.45) is 0 Å². The molecule has 6 nitrogen and oxygen atoms in total. The number of pyridine rings is 1. The van der Waals surface area contributed by atoms with Gasteiger partial charge in [0.05, 0.1) is 4.92 Å². The summed E-state index contributed by atoms with van der Waals surface area (Å²) in [7, 11) is 0. The number of hydrogen-bond acceptors (Lipinski definition) is 5. The fourth-order valence-electron chi connectivity index (χ4n) is 2.05. The average molecular weight is 236 g/mol. The monoisotopic (exact) mass is 236 g/mol. The van der Waals surface area contributed by atoms with Crippen molar-refractivity contribution in [3.63, 3.8) is 0 Å². The van der Waals surface area contributed by atoms with Crippen molar-refractivity contribution in [1.29, 1.82) is 0 Å². The van der Waals surface area contributed by atoms with Crippen LogP contribution in [0.1, 0.15) is 12.6 Å². The van der Waals surface area contributed by atoms with Gasteiger partial charge in [0.2, 0.25) is 0 Å². The quantitative estimate of drug-likeness (QED) is 0.615. The molecule has 0 aliphatic carbocycles. The molecule has 0 bridgehead atoms. The maximum atomic E-state index is 10.7. The molecule has 0 radical (unpaired) electrons. The highest BCUT2D eigenvalue weighted by Crippen LogP contribution is 2.21. The summed E-state index contributed by atoms with van der Waals surface area (Å²) in [4.78, 5) is 16.8. The Morgan fingerprint density at radius 3 is 2.94 bits per heavy atom. The van der Waals surface area contributed by atoms with Gasteiger partial charge in [-0.3, -0.25) is 10.1 Å². The number of anilines is 1. The predicted octanol–water partition coefficient (Wildman–Crippen LogP) is 1.10. The molecule has 1 fully saturated rings. The molecule has 1 saturated heterocycles. The van der Waals surface area contributed by atoms with Crippen LogP contribution in [0.3, 0.4) is 0 Å². The van der Waals surface area contributed by atoms with Crippen molar-refractivity contribution < 1.29 is 4.92 Å². The fourth-order valence-corrected chi connectivity index (χ4v) is 2.05. The fraction of sp³-hybridized carbons (Fsp3) is 0.545. The highest BCUT2D eigenvalue weighted by atomic mass is 16.6. The van der Waals surface area contributed by atoms with Gasteiger partial charge in [0.15, 0.2) is 0 Å².